The van der Waals surface area contributed by atoms with E-state index in [1.165, 1.54) is 18.1 Å². The molecule has 1 fully saturated rings. The number of nitrogens with zero attached hydrogens (tertiary/aromatic N) is 2. The van der Waals surface area contributed by atoms with Crippen molar-refractivity contribution < 1.29 is 19.1 Å². The predicted octanol–water partition coefficient (Wildman–Crippen LogP) is 2.95. The van der Waals surface area contributed by atoms with Gasteiger partial charge in [0.2, 0.25) is 0 Å². The zero-order valence-electron chi connectivity index (χ0n) is 16.9. The molecule has 156 valence electrons. The fourth-order valence-electron chi connectivity index (χ4n) is 3.57. The number of carbonyl (C=O) groups excluding carboxylic acids is 3. The van der Waals surface area contributed by atoms with Crippen LogP contribution in [0.15, 0.2) is 60.3 Å². The highest BCUT2D eigenvalue weighted by Gasteiger charge is 2.35. The van der Waals surface area contributed by atoms with Gasteiger partial charge in [-0.05, 0) is 42.9 Å². The Morgan fingerprint density at radius 1 is 1.13 bits per heavy atom. The number of aromatic nitrogens is 1. The van der Waals surface area contributed by atoms with Crippen LogP contribution in [0.25, 0.3) is 17.0 Å². The highest BCUT2D eigenvalue weighted by atomic mass is 32.1. The van der Waals surface area contributed by atoms with Gasteiger partial charge in [0, 0.05) is 22.7 Å². The van der Waals surface area contributed by atoms with Crippen LogP contribution in [0.1, 0.15) is 11.1 Å². The van der Waals surface area contributed by atoms with E-state index in [0.29, 0.717) is 11.3 Å². The lowest BCUT2D eigenvalue weighted by Crippen LogP contribution is -2.54. The van der Waals surface area contributed by atoms with E-state index in [0.717, 1.165) is 16.5 Å². The highest BCUT2D eigenvalue weighted by molar-refractivity contribution is 7.80. The van der Waals surface area contributed by atoms with Gasteiger partial charge >= 0.3 is 5.97 Å². The van der Waals surface area contributed by atoms with Gasteiger partial charge in [0.25, 0.3) is 11.8 Å². The van der Waals surface area contributed by atoms with Gasteiger partial charge < -0.3 is 9.30 Å². The molecule has 0 atom stereocenters. The van der Waals surface area contributed by atoms with E-state index in [9.17, 15) is 14.4 Å². The lowest BCUT2D eigenvalue weighted by molar-refractivity contribution is -0.141. The smallest absolute Gasteiger partial charge is 0.325 e. The second kappa shape index (κ2) is 8.16. The van der Waals surface area contributed by atoms with Crippen molar-refractivity contribution in [3.63, 3.8) is 0 Å². The molecular weight excluding hydrogens is 414 g/mol. The van der Waals surface area contributed by atoms with Crippen molar-refractivity contribution in [2.24, 2.45) is 0 Å². The molecule has 0 bridgehead atoms. The second-order valence-corrected chi connectivity index (χ2v) is 7.44. The van der Waals surface area contributed by atoms with Crippen LogP contribution in [0.3, 0.4) is 0 Å². The van der Waals surface area contributed by atoms with Gasteiger partial charge in [0.05, 0.1) is 12.8 Å². The minimum Gasteiger partial charge on any atom is -0.468 e. The van der Waals surface area contributed by atoms with Crippen molar-refractivity contribution in [3.8, 4) is 0 Å². The van der Waals surface area contributed by atoms with Crippen LogP contribution >= 0.6 is 12.2 Å². The SMILES string of the molecule is COC(=O)Cn1cc(C=C2C(=O)NC(=S)N(c3ccccc3C)C2=O)c2ccccc21. The maximum Gasteiger partial charge on any atom is 0.325 e. The normalized spacial score (nSPS) is 15.5. The Kier molecular flexibility index (Phi) is 5.39. The molecule has 7 nitrogen and oxygen atoms in total. The molecule has 1 aliphatic heterocycles. The number of carbonyl (C=O) groups is 3. The van der Waals surface area contributed by atoms with Gasteiger partial charge in [-0.25, -0.2) is 0 Å². The van der Waals surface area contributed by atoms with Crippen molar-refractivity contribution >= 4 is 57.8 Å². The molecular formula is C23H19N3O4S. The quantitative estimate of drug-likeness (QED) is 0.296. The molecule has 0 unspecified atom stereocenters. The lowest BCUT2D eigenvalue weighted by Gasteiger charge is -2.29. The van der Waals surface area contributed by atoms with E-state index in [1.807, 2.05) is 43.3 Å². The summed E-state index contributed by atoms with van der Waals surface area (Å²) >= 11 is 5.27. The second-order valence-electron chi connectivity index (χ2n) is 7.05. The number of ether oxygens (including phenoxy) is 1. The molecule has 0 aliphatic carbocycles. The van der Waals surface area contributed by atoms with E-state index in [2.05, 4.69) is 5.32 Å². The number of amides is 2. The number of rotatable bonds is 4. The summed E-state index contributed by atoms with van der Waals surface area (Å²) in [4.78, 5) is 39.1. The average Bonchev–Trinajstić information content (AvgIpc) is 3.09. The van der Waals surface area contributed by atoms with E-state index in [1.54, 1.807) is 22.9 Å². The van der Waals surface area contributed by atoms with Gasteiger partial charge in [0.15, 0.2) is 5.11 Å². The third-order valence-electron chi connectivity index (χ3n) is 5.10. The first kappa shape index (κ1) is 20.5. The van der Waals surface area contributed by atoms with Crippen LogP contribution in [0, 0.1) is 6.92 Å². The summed E-state index contributed by atoms with van der Waals surface area (Å²) in [6.07, 6.45) is 3.25. The molecule has 4 rings (SSSR count). The van der Waals surface area contributed by atoms with Crippen LogP contribution < -0.4 is 10.2 Å². The van der Waals surface area contributed by atoms with E-state index >= 15 is 0 Å². The van der Waals surface area contributed by atoms with Gasteiger partial charge in [0.1, 0.15) is 12.1 Å². The van der Waals surface area contributed by atoms with Crippen LogP contribution in [-0.2, 0) is 25.7 Å². The summed E-state index contributed by atoms with van der Waals surface area (Å²) in [6, 6.07) is 14.7. The first-order chi connectivity index (χ1) is 14.9. The van der Waals surface area contributed by atoms with Gasteiger partial charge in [-0.1, -0.05) is 36.4 Å². The monoisotopic (exact) mass is 433 g/mol. The summed E-state index contributed by atoms with van der Waals surface area (Å²) in [5.74, 6) is -1.47. The molecule has 1 saturated heterocycles. The standard InChI is InChI=1S/C23H19N3O4S/c1-14-7-3-5-9-18(14)26-22(29)17(21(28)24-23(26)31)11-15-12-25(13-20(27)30-2)19-10-6-4-8-16(15)19/h3-12H,13H2,1-2H3,(H,24,28,31). The first-order valence-corrected chi connectivity index (χ1v) is 9.93. The molecule has 0 spiro atoms. The average molecular weight is 433 g/mol. The van der Waals surface area contributed by atoms with E-state index in [4.69, 9.17) is 17.0 Å². The molecule has 0 saturated carbocycles. The molecule has 1 aromatic heterocycles. The number of esters is 1. The fraction of sp³-hybridized carbons (Fsp3) is 0.130. The maximum atomic E-state index is 13.3. The van der Waals surface area contributed by atoms with Crippen molar-refractivity contribution in [2.45, 2.75) is 13.5 Å². The zero-order chi connectivity index (χ0) is 22.1. The van der Waals surface area contributed by atoms with Crippen LogP contribution in [0.2, 0.25) is 0 Å². The van der Waals surface area contributed by atoms with Crippen LogP contribution in [0.4, 0.5) is 5.69 Å². The Balaban J connectivity index is 1.81. The molecule has 31 heavy (non-hydrogen) atoms. The third kappa shape index (κ3) is 3.73. The number of benzene rings is 2. The van der Waals surface area contributed by atoms with Crippen molar-refractivity contribution in [1.82, 2.24) is 9.88 Å². The number of fused-ring (bicyclic) bond motifs is 1. The highest BCUT2D eigenvalue weighted by Crippen LogP contribution is 2.28. The van der Waals surface area contributed by atoms with Crippen LogP contribution in [0.5, 0.6) is 0 Å². The number of aryl methyl sites for hydroxylation is 1. The summed E-state index contributed by atoms with van der Waals surface area (Å²) in [5.41, 5.74) is 2.84. The van der Waals surface area contributed by atoms with E-state index < -0.39 is 17.8 Å². The molecule has 2 amide bonds. The Bertz CT molecular complexity index is 1270. The number of thiocarbonyl (C=S) groups is 1. The zero-order valence-corrected chi connectivity index (χ0v) is 17.7. The largest absolute Gasteiger partial charge is 0.468 e. The number of para-hydroxylation sites is 2. The molecule has 0 radical (unpaired) electrons. The van der Waals surface area contributed by atoms with Crippen molar-refractivity contribution in [1.29, 1.82) is 0 Å². The minimum absolute atomic E-state index is 0.0136. The van der Waals surface area contributed by atoms with Gasteiger partial charge in [-0.3, -0.25) is 24.6 Å². The first-order valence-electron chi connectivity index (χ1n) is 9.52. The Morgan fingerprint density at radius 2 is 1.84 bits per heavy atom. The van der Waals surface area contributed by atoms with E-state index in [-0.39, 0.29) is 17.2 Å². The summed E-state index contributed by atoms with van der Waals surface area (Å²) in [6.45, 7) is 1.88. The lowest BCUT2D eigenvalue weighted by atomic mass is 10.1. The minimum atomic E-state index is -0.565. The molecule has 1 N–H and O–H groups in total. The topological polar surface area (TPSA) is 80.6 Å². The Hall–Kier alpha value is -3.78. The maximum absolute atomic E-state index is 13.3. The van der Waals surface area contributed by atoms with Crippen LogP contribution in [-0.4, -0.2) is 34.6 Å². The number of hydrogen-bond acceptors (Lipinski definition) is 5. The van der Waals surface area contributed by atoms with Gasteiger partial charge in [-0.2, -0.15) is 0 Å². The molecule has 2 aromatic carbocycles. The molecule has 3 aromatic rings. The summed E-state index contributed by atoms with van der Waals surface area (Å²) < 4.78 is 6.49. The summed E-state index contributed by atoms with van der Waals surface area (Å²) in [5, 5.41) is 3.44. The van der Waals surface area contributed by atoms with Crippen molar-refractivity contribution in [2.75, 3.05) is 12.0 Å². The van der Waals surface area contributed by atoms with Gasteiger partial charge in [-0.15, -0.1) is 0 Å². The number of anilines is 1. The fourth-order valence-corrected chi connectivity index (χ4v) is 3.84. The van der Waals surface area contributed by atoms with Crippen molar-refractivity contribution in [3.05, 3.63) is 71.4 Å². The molecule has 2 heterocycles. The number of hydrogen-bond donors (Lipinski definition) is 1. The Labute approximate surface area is 183 Å². The number of nitrogens with one attached hydrogen (secondary N) is 1. The third-order valence-corrected chi connectivity index (χ3v) is 5.39. The molecule has 1 aliphatic rings. The number of methoxy groups -OCH3 is 1. The summed E-state index contributed by atoms with van der Waals surface area (Å²) in [7, 11) is 1.32. The molecule has 8 heteroatoms. The Morgan fingerprint density at radius 3 is 2.58 bits per heavy atom. The predicted molar refractivity (Wildman–Crippen MR) is 121 cm³/mol.